The van der Waals surface area contributed by atoms with Gasteiger partial charge < -0.3 is 19.7 Å². The second kappa shape index (κ2) is 4.17. The molecule has 0 aromatic rings. The van der Waals surface area contributed by atoms with E-state index in [9.17, 15) is 5.11 Å². The molecule has 0 bridgehead atoms. The zero-order valence-electron chi connectivity index (χ0n) is 7.11. The monoisotopic (exact) mass is 180 g/mol. The molecule has 0 rings (SSSR count). The van der Waals surface area contributed by atoms with Gasteiger partial charge in [-0.05, 0) is 5.92 Å². The highest BCUT2D eigenvalue weighted by molar-refractivity contribution is 5.98. The first kappa shape index (κ1) is 11.1. The topological polar surface area (TPSA) is 69.9 Å². The molecule has 0 spiro atoms. The Morgan fingerprint density at radius 1 is 1.45 bits per heavy atom. The highest BCUT2D eigenvalue weighted by Crippen LogP contribution is 2.19. The first-order valence-electron chi connectivity index (χ1n) is 3.56. The Hall–Kier alpha value is 0.0569. The third-order valence-electron chi connectivity index (χ3n) is 1.46. The van der Waals surface area contributed by atoms with Crippen molar-refractivity contribution in [3.05, 3.63) is 0 Å². The number of aliphatic hydroxyl groups is 3. The molecule has 1 unspecified atom stereocenters. The van der Waals surface area contributed by atoms with Crippen molar-refractivity contribution in [2.24, 2.45) is 5.92 Å². The predicted octanol–water partition coefficient (Wildman–Crippen LogP) is -1.67. The standard InChI is InChI=1S/C6H16O4Si/c1-4(2)3-6(9,10-11)5(7)8/h4-5,7-9H,3H2,1-2,11H3. The predicted molar refractivity (Wildman–Crippen MR) is 43.7 cm³/mol. The van der Waals surface area contributed by atoms with Gasteiger partial charge >= 0.3 is 0 Å². The van der Waals surface area contributed by atoms with Crippen LogP contribution in [0.2, 0.25) is 0 Å². The van der Waals surface area contributed by atoms with Crippen molar-refractivity contribution >= 4 is 10.5 Å². The van der Waals surface area contributed by atoms with E-state index in [0.29, 0.717) is 0 Å². The minimum Gasteiger partial charge on any atom is -0.398 e. The summed E-state index contributed by atoms with van der Waals surface area (Å²) in [6, 6.07) is 0. The maximum atomic E-state index is 9.38. The average molecular weight is 180 g/mol. The van der Waals surface area contributed by atoms with E-state index < -0.39 is 12.1 Å². The second-order valence-corrected chi connectivity index (χ2v) is 3.43. The fraction of sp³-hybridized carbons (Fsp3) is 1.00. The Bertz CT molecular complexity index is 117. The smallest absolute Gasteiger partial charge is 0.207 e. The van der Waals surface area contributed by atoms with Crippen molar-refractivity contribution in [3.63, 3.8) is 0 Å². The van der Waals surface area contributed by atoms with Gasteiger partial charge in [-0.2, -0.15) is 0 Å². The third kappa shape index (κ3) is 3.30. The van der Waals surface area contributed by atoms with E-state index in [-0.39, 0.29) is 22.8 Å². The normalized spacial score (nSPS) is 17.7. The summed E-state index contributed by atoms with van der Waals surface area (Å²) in [5.41, 5.74) is 0. The quantitative estimate of drug-likeness (QED) is 0.357. The van der Waals surface area contributed by atoms with Crippen molar-refractivity contribution in [3.8, 4) is 0 Å². The van der Waals surface area contributed by atoms with E-state index >= 15 is 0 Å². The van der Waals surface area contributed by atoms with E-state index in [1.807, 2.05) is 13.8 Å². The van der Waals surface area contributed by atoms with Gasteiger partial charge in [-0.25, -0.2) is 0 Å². The van der Waals surface area contributed by atoms with Crippen LogP contribution < -0.4 is 0 Å². The number of hydrogen-bond acceptors (Lipinski definition) is 4. The highest BCUT2D eigenvalue weighted by atomic mass is 28.2. The van der Waals surface area contributed by atoms with Crippen LogP contribution >= 0.6 is 0 Å². The van der Waals surface area contributed by atoms with E-state index in [2.05, 4.69) is 0 Å². The molecule has 0 heterocycles. The minimum absolute atomic E-state index is 0.163. The molecule has 68 valence electrons. The lowest BCUT2D eigenvalue weighted by atomic mass is 10.0. The zero-order chi connectivity index (χ0) is 9.07. The van der Waals surface area contributed by atoms with Gasteiger partial charge in [0.1, 0.15) is 10.5 Å². The van der Waals surface area contributed by atoms with Crippen molar-refractivity contribution in [1.82, 2.24) is 0 Å². The minimum atomic E-state index is -1.82. The molecule has 0 fully saturated rings. The highest BCUT2D eigenvalue weighted by Gasteiger charge is 2.34. The van der Waals surface area contributed by atoms with Crippen LogP contribution in [-0.4, -0.2) is 37.9 Å². The molecule has 1 atom stereocenters. The van der Waals surface area contributed by atoms with Gasteiger partial charge in [0, 0.05) is 6.42 Å². The summed E-state index contributed by atoms with van der Waals surface area (Å²) >= 11 is 0. The molecule has 0 saturated carbocycles. The van der Waals surface area contributed by atoms with Crippen LogP contribution in [0.1, 0.15) is 20.3 Å². The summed E-state index contributed by atoms with van der Waals surface area (Å²) in [6.07, 6.45) is -1.59. The van der Waals surface area contributed by atoms with Crippen molar-refractivity contribution in [1.29, 1.82) is 0 Å². The molecule has 3 N–H and O–H groups in total. The van der Waals surface area contributed by atoms with Gasteiger partial charge in [0.15, 0.2) is 0 Å². The number of hydrogen-bond donors (Lipinski definition) is 3. The first-order chi connectivity index (χ1) is 4.92. The Morgan fingerprint density at radius 3 is 2.00 bits per heavy atom. The Morgan fingerprint density at radius 2 is 1.91 bits per heavy atom. The van der Waals surface area contributed by atoms with Crippen molar-refractivity contribution < 1.29 is 19.7 Å². The van der Waals surface area contributed by atoms with Gasteiger partial charge in [-0.15, -0.1) is 0 Å². The molecule has 0 saturated heterocycles. The summed E-state index contributed by atoms with van der Waals surface area (Å²) in [5.74, 6) is -1.60. The van der Waals surface area contributed by atoms with E-state index in [0.717, 1.165) is 0 Å². The molecule has 5 heteroatoms. The maximum Gasteiger partial charge on any atom is 0.207 e. The lowest BCUT2D eigenvalue weighted by molar-refractivity contribution is -0.279. The van der Waals surface area contributed by atoms with Crippen molar-refractivity contribution in [2.75, 3.05) is 0 Å². The molecule has 0 aliphatic carbocycles. The van der Waals surface area contributed by atoms with Crippen molar-refractivity contribution in [2.45, 2.75) is 32.3 Å². The lowest BCUT2D eigenvalue weighted by Crippen LogP contribution is -2.45. The SMILES string of the molecule is CC(C)CC(O)(O[SiH3])C(O)O. The molecule has 0 amide bonds. The van der Waals surface area contributed by atoms with Crippen LogP contribution in [0.25, 0.3) is 0 Å². The molecular formula is C6H16O4Si. The molecule has 4 nitrogen and oxygen atoms in total. The molecule has 0 aromatic heterocycles. The van der Waals surface area contributed by atoms with Gasteiger partial charge in [0.05, 0.1) is 0 Å². The summed E-state index contributed by atoms with van der Waals surface area (Å²) in [5, 5.41) is 26.8. The van der Waals surface area contributed by atoms with Crippen LogP contribution in [0.5, 0.6) is 0 Å². The van der Waals surface area contributed by atoms with E-state index in [4.69, 9.17) is 14.6 Å². The third-order valence-corrected chi connectivity index (χ3v) is 2.16. The summed E-state index contributed by atoms with van der Waals surface area (Å²) in [6.45, 7) is 3.74. The van der Waals surface area contributed by atoms with Gasteiger partial charge in [-0.1, -0.05) is 13.8 Å². The van der Waals surface area contributed by atoms with Crippen LogP contribution in [0.15, 0.2) is 0 Å². The van der Waals surface area contributed by atoms with Crippen LogP contribution in [0.4, 0.5) is 0 Å². The summed E-state index contributed by atoms with van der Waals surface area (Å²) < 4.78 is 4.70. The van der Waals surface area contributed by atoms with Crippen LogP contribution in [0.3, 0.4) is 0 Å². The molecule has 0 aliphatic rings. The summed E-state index contributed by atoms with van der Waals surface area (Å²) in [7, 11) is 0.280. The maximum absolute atomic E-state index is 9.38. The fourth-order valence-electron chi connectivity index (χ4n) is 0.879. The molecule has 11 heavy (non-hydrogen) atoms. The Labute approximate surface area is 69.4 Å². The second-order valence-electron chi connectivity index (χ2n) is 3.02. The number of aliphatic hydroxyl groups excluding tert-OH is 1. The van der Waals surface area contributed by atoms with Gasteiger partial charge in [-0.3, -0.25) is 0 Å². The van der Waals surface area contributed by atoms with Crippen LogP contribution in [-0.2, 0) is 4.43 Å². The Balaban J connectivity index is 4.10. The first-order valence-corrected chi connectivity index (χ1v) is 4.37. The molecule has 0 aliphatic heterocycles. The lowest BCUT2D eigenvalue weighted by Gasteiger charge is -2.30. The average Bonchev–Trinajstić information content (AvgIpc) is 1.86. The van der Waals surface area contributed by atoms with Crippen LogP contribution in [0, 0.1) is 5.92 Å². The Kier molecular flexibility index (Phi) is 4.20. The molecule has 0 aromatic carbocycles. The largest absolute Gasteiger partial charge is 0.398 e. The van der Waals surface area contributed by atoms with E-state index in [1.54, 1.807) is 0 Å². The fourth-order valence-corrected chi connectivity index (χ4v) is 1.26. The molecule has 0 radical (unpaired) electrons. The zero-order valence-corrected chi connectivity index (χ0v) is 9.11. The van der Waals surface area contributed by atoms with Gasteiger partial charge in [0.25, 0.3) is 0 Å². The van der Waals surface area contributed by atoms with E-state index in [1.165, 1.54) is 0 Å². The molecular weight excluding hydrogens is 164 g/mol. The summed E-state index contributed by atoms with van der Waals surface area (Å²) in [4.78, 5) is 0. The number of rotatable bonds is 4. The van der Waals surface area contributed by atoms with Gasteiger partial charge in [0.2, 0.25) is 12.1 Å².